The van der Waals surface area contributed by atoms with E-state index in [1.807, 2.05) is 0 Å². The molecule has 3 N–H and O–H groups in total. The maximum Gasteiger partial charge on any atom is 0.319 e. The Morgan fingerprint density at radius 2 is 2.00 bits per heavy atom. The van der Waals surface area contributed by atoms with Crippen molar-refractivity contribution in [1.82, 2.24) is 5.32 Å². The molecule has 1 unspecified atom stereocenters. The van der Waals surface area contributed by atoms with E-state index >= 15 is 0 Å². The summed E-state index contributed by atoms with van der Waals surface area (Å²) in [5, 5.41) is 12.9. The first kappa shape index (κ1) is 15.4. The van der Waals surface area contributed by atoms with E-state index in [1.54, 1.807) is 0 Å². The zero-order chi connectivity index (χ0) is 14.6. The molecule has 0 aliphatic rings. The third-order valence-corrected chi connectivity index (χ3v) is 2.86. The fourth-order valence-corrected chi connectivity index (χ4v) is 1.43. The minimum Gasteiger partial charge on any atom is -0.481 e. The Balaban J connectivity index is 2.62. The lowest BCUT2D eigenvalue weighted by Crippen LogP contribution is -2.34. The highest BCUT2D eigenvalue weighted by atomic mass is 79.9. The number of anilines is 1. The third-order valence-electron chi connectivity index (χ3n) is 2.25. The molecule has 19 heavy (non-hydrogen) atoms. The van der Waals surface area contributed by atoms with Crippen LogP contribution < -0.4 is 10.6 Å². The maximum atomic E-state index is 13.4. The summed E-state index contributed by atoms with van der Waals surface area (Å²) in [6.07, 6.45) is 0. The minimum absolute atomic E-state index is 0.0598. The van der Waals surface area contributed by atoms with Crippen molar-refractivity contribution in [1.29, 1.82) is 0 Å². The van der Waals surface area contributed by atoms with Crippen LogP contribution in [-0.2, 0) is 4.79 Å². The molecule has 0 spiro atoms. The molecule has 0 aliphatic carbocycles. The quantitative estimate of drug-likeness (QED) is 0.739. The molecule has 8 heteroatoms. The normalized spacial score (nSPS) is 11.8. The summed E-state index contributed by atoms with van der Waals surface area (Å²) in [5.41, 5.74) is -0.332. The predicted octanol–water partition coefficient (Wildman–Crippen LogP) is 2.57. The first-order valence-electron chi connectivity index (χ1n) is 5.23. The summed E-state index contributed by atoms with van der Waals surface area (Å²) < 4.78 is 26.5. The summed E-state index contributed by atoms with van der Waals surface area (Å²) >= 11 is 2.80. The lowest BCUT2D eigenvalue weighted by Gasteiger charge is -2.10. The Kier molecular flexibility index (Phi) is 5.22. The molecule has 0 aromatic heterocycles. The Labute approximate surface area is 116 Å². The topological polar surface area (TPSA) is 78.4 Å². The molecule has 0 bridgehead atoms. The number of aliphatic carboxylic acids is 1. The lowest BCUT2D eigenvalue weighted by atomic mass is 10.2. The number of rotatable bonds is 4. The van der Waals surface area contributed by atoms with Gasteiger partial charge < -0.3 is 15.7 Å². The third kappa shape index (κ3) is 4.47. The van der Waals surface area contributed by atoms with Crippen molar-refractivity contribution in [2.45, 2.75) is 6.92 Å². The van der Waals surface area contributed by atoms with E-state index < -0.39 is 29.6 Å². The van der Waals surface area contributed by atoms with E-state index in [1.165, 1.54) is 6.92 Å². The Morgan fingerprint density at radius 1 is 1.37 bits per heavy atom. The first-order valence-corrected chi connectivity index (χ1v) is 6.02. The van der Waals surface area contributed by atoms with Crippen molar-refractivity contribution in [3.05, 3.63) is 28.2 Å². The fraction of sp³-hybridized carbons (Fsp3) is 0.273. The van der Waals surface area contributed by atoms with Gasteiger partial charge in [-0.3, -0.25) is 4.79 Å². The van der Waals surface area contributed by atoms with Crippen LogP contribution in [0, 0.1) is 17.6 Å². The van der Waals surface area contributed by atoms with Gasteiger partial charge in [-0.25, -0.2) is 13.6 Å². The monoisotopic (exact) mass is 336 g/mol. The van der Waals surface area contributed by atoms with Crippen molar-refractivity contribution in [2.24, 2.45) is 5.92 Å². The van der Waals surface area contributed by atoms with Crippen LogP contribution in [0.25, 0.3) is 0 Å². The van der Waals surface area contributed by atoms with Crippen LogP contribution in [0.5, 0.6) is 0 Å². The van der Waals surface area contributed by atoms with E-state index in [4.69, 9.17) is 5.11 Å². The standard InChI is InChI=1S/C11H11BrF2N2O3/c1-5(10(17)18)4-15-11(19)16-9-3-7(13)6(12)2-8(9)14/h2-3,5H,4H2,1H3,(H,17,18)(H2,15,16,19). The van der Waals surface area contributed by atoms with Crippen molar-refractivity contribution in [3.8, 4) is 0 Å². The van der Waals surface area contributed by atoms with Crippen LogP contribution in [0.3, 0.4) is 0 Å². The lowest BCUT2D eigenvalue weighted by molar-refractivity contribution is -0.140. The summed E-state index contributed by atoms with van der Waals surface area (Å²) in [5.74, 6) is -3.39. The second-order valence-corrected chi connectivity index (χ2v) is 4.67. The Morgan fingerprint density at radius 3 is 2.58 bits per heavy atom. The highest BCUT2D eigenvalue weighted by Gasteiger charge is 2.14. The van der Waals surface area contributed by atoms with Gasteiger partial charge in [0.25, 0.3) is 0 Å². The SMILES string of the molecule is CC(CNC(=O)Nc1cc(F)c(Br)cc1F)C(=O)O. The van der Waals surface area contributed by atoms with E-state index in [9.17, 15) is 18.4 Å². The number of amides is 2. The Hall–Kier alpha value is -1.70. The summed E-state index contributed by atoms with van der Waals surface area (Å²) in [4.78, 5) is 21.9. The molecule has 5 nitrogen and oxygen atoms in total. The van der Waals surface area contributed by atoms with E-state index in [0.29, 0.717) is 0 Å². The molecule has 1 aromatic carbocycles. The molecule has 0 saturated carbocycles. The van der Waals surface area contributed by atoms with Gasteiger partial charge >= 0.3 is 12.0 Å². The van der Waals surface area contributed by atoms with Crippen molar-refractivity contribution in [3.63, 3.8) is 0 Å². The second-order valence-electron chi connectivity index (χ2n) is 3.82. The van der Waals surface area contributed by atoms with Gasteiger partial charge in [0.05, 0.1) is 16.1 Å². The molecule has 1 atom stereocenters. The first-order chi connectivity index (χ1) is 8.81. The van der Waals surface area contributed by atoms with Crippen LogP contribution in [0.1, 0.15) is 6.92 Å². The molecule has 0 radical (unpaired) electrons. The molecular weight excluding hydrogens is 326 g/mol. The summed E-state index contributed by atoms with van der Waals surface area (Å²) in [6.45, 7) is 1.28. The summed E-state index contributed by atoms with van der Waals surface area (Å²) in [6, 6.07) is 0.887. The number of hydrogen-bond acceptors (Lipinski definition) is 2. The number of nitrogens with one attached hydrogen (secondary N) is 2. The molecule has 1 rings (SSSR count). The average molecular weight is 337 g/mol. The van der Waals surface area contributed by atoms with Gasteiger partial charge in [-0.05, 0) is 22.0 Å². The maximum absolute atomic E-state index is 13.4. The van der Waals surface area contributed by atoms with E-state index in [2.05, 4.69) is 26.6 Å². The summed E-state index contributed by atoms with van der Waals surface area (Å²) in [7, 11) is 0. The fourth-order valence-electron chi connectivity index (χ4n) is 1.12. The number of urea groups is 1. The van der Waals surface area contributed by atoms with Crippen LogP contribution >= 0.6 is 15.9 Å². The molecule has 0 aliphatic heterocycles. The van der Waals surface area contributed by atoms with Gasteiger partial charge in [0.15, 0.2) is 0 Å². The number of carboxylic acid groups (broad SMARTS) is 1. The van der Waals surface area contributed by atoms with Gasteiger partial charge in [-0.2, -0.15) is 0 Å². The van der Waals surface area contributed by atoms with Crippen LogP contribution in [-0.4, -0.2) is 23.7 Å². The molecule has 104 valence electrons. The number of halogens is 3. The van der Waals surface area contributed by atoms with Gasteiger partial charge in [0.2, 0.25) is 0 Å². The van der Waals surface area contributed by atoms with Gasteiger partial charge in [-0.1, -0.05) is 6.92 Å². The van der Waals surface area contributed by atoms with E-state index in [0.717, 1.165) is 12.1 Å². The van der Waals surface area contributed by atoms with Crippen LogP contribution in [0.15, 0.2) is 16.6 Å². The van der Waals surface area contributed by atoms with Crippen LogP contribution in [0.4, 0.5) is 19.3 Å². The Bertz CT molecular complexity index is 511. The number of carbonyl (C=O) groups is 2. The second kappa shape index (κ2) is 6.46. The van der Waals surface area contributed by atoms with Gasteiger partial charge in [0.1, 0.15) is 11.6 Å². The largest absolute Gasteiger partial charge is 0.481 e. The molecule has 2 amide bonds. The number of benzene rings is 1. The highest BCUT2D eigenvalue weighted by molar-refractivity contribution is 9.10. The molecule has 0 heterocycles. The van der Waals surface area contributed by atoms with Crippen LogP contribution in [0.2, 0.25) is 0 Å². The minimum atomic E-state index is -1.07. The highest BCUT2D eigenvalue weighted by Crippen LogP contribution is 2.23. The van der Waals surface area contributed by atoms with E-state index in [-0.39, 0.29) is 16.7 Å². The average Bonchev–Trinajstić information content (AvgIpc) is 2.32. The molecule has 0 saturated heterocycles. The zero-order valence-electron chi connectivity index (χ0n) is 9.84. The van der Waals surface area contributed by atoms with Gasteiger partial charge in [0, 0.05) is 12.6 Å². The van der Waals surface area contributed by atoms with Crippen molar-refractivity contribution in [2.75, 3.05) is 11.9 Å². The molecule has 1 aromatic rings. The number of carbonyl (C=O) groups excluding carboxylic acids is 1. The predicted molar refractivity (Wildman–Crippen MR) is 67.9 cm³/mol. The number of hydrogen-bond donors (Lipinski definition) is 3. The molecule has 0 fully saturated rings. The smallest absolute Gasteiger partial charge is 0.319 e. The van der Waals surface area contributed by atoms with Crippen molar-refractivity contribution < 1.29 is 23.5 Å². The number of carboxylic acids is 1. The molecular formula is C11H11BrF2N2O3. The van der Waals surface area contributed by atoms with Gasteiger partial charge in [-0.15, -0.1) is 0 Å². The van der Waals surface area contributed by atoms with Crippen molar-refractivity contribution >= 4 is 33.6 Å². The zero-order valence-corrected chi connectivity index (χ0v) is 11.4.